The Balaban J connectivity index is 0.000000147. The minimum absolute atomic E-state index is 0.103. The van der Waals surface area contributed by atoms with E-state index < -0.39 is 6.89 Å². The summed E-state index contributed by atoms with van der Waals surface area (Å²) < 4.78 is 15.4. The van der Waals surface area contributed by atoms with E-state index in [-0.39, 0.29) is 47.4 Å². The Hall–Kier alpha value is -8.59. The molecule has 1 atom stereocenters. The van der Waals surface area contributed by atoms with E-state index in [1.807, 2.05) is 79.7 Å². The summed E-state index contributed by atoms with van der Waals surface area (Å²) in [6.45, 7) is 5.25. The van der Waals surface area contributed by atoms with Crippen molar-refractivity contribution in [1.29, 1.82) is 0 Å². The summed E-state index contributed by atoms with van der Waals surface area (Å²) in [5.41, 5.74) is 15.9. The van der Waals surface area contributed by atoms with Gasteiger partial charge in [-0.25, -0.2) is 9.59 Å². The second kappa shape index (κ2) is 34.6. The topological polar surface area (TPSA) is 147 Å². The van der Waals surface area contributed by atoms with Gasteiger partial charge in [-0.15, -0.1) is 0 Å². The lowest BCUT2D eigenvalue weighted by molar-refractivity contribution is -0.137. The molecule has 11 heteroatoms. The highest BCUT2D eigenvalue weighted by Gasteiger charge is 2.29. The van der Waals surface area contributed by atoms with Gasteiger partial charge in [-0.1, -0.05) is 158 Å². The molecule has 1 unspecified atom stereocenters. The van der Waals surface area contributed by atoms with Crippen LogP contribution in [0.2, 0.25) is 0 Å². The maximum Gasteiger partial charge on any atom is 0.331 e. The molecule has 7 aromatic carbocycles. The Morgan fingerprint density at radius 3 is 1.29 bits per heavy atom. The van der Waals surface area contributed by atoms with E-state index in [2.05, 4.69) is 97.1 Å². The Morgan fingerprint density at radius 1 is 0.473 bits per heavy atom. The quantitative estimate of drug-likeness (QED) is 0.0381. The molecule has 1 saturated carbocycles. The number of ketones is 4. The Bertz CT molecular complexity index is 3660. The summed E-state index contributed by atoms with van der Waals surface area (Å²) in [6, 6.07) is 56.4. The number of fused-ring (bicyclic) bond motifs is 4. The molecule has 13 rings (SSSR count). The van der Waals surface area contributed by atoms with Gasteiger partial charge in [0.1, 0.15) is 23.6 Å². The SMILES string of the molecule is CC(C)=O.CCOC(=O)/C=C/c1ccc2c(c1)CCC2.CCOC(=O)C=P(c1ccccc1)(c1ccccc1)c1ccccc1.COC1=CC(=O)CC(c2ccc3c(c2)CCC3)C1.O=C1CC(=O)CC(c2ccc3c(c2)CCC3)C1.O=Cc1ccc2c(c1)CCC2. The molecule has 1 fully saturated rings. The zero-order chi connectivity index (χ0) is 64.5. The zero-order valence-electron chi connectivity index (χ0n) is 53.6. The molecule has 0 N–H and O–H groups in total. The Morgan fingerprint density at radius 2 is 0.857 bits per heavy atom. The van der Waals surface area contributed by atoms with Gasteiger partial charge in [-0.3, -0.25) is 19.2 Å². The van der Waals surface area contributed by atoms with Gasteiger partial charge >= 0.3 is 11.9 Å². The number of benzene rings is 7. The van der Waals surface area contributed by atoms with Crippen LogP contribution in [0.15, 0.2) is 182 Å². The molecule has 7 aromatic rings. The van der Waals surface area contributed by atoms with E-state index >= 15 is 0 Å². The number of hydrogen-bond acceptors (Lipinski definition) is 10. The van der Waals surface area contributed by atoms with Crippen LogP contribution in [-0.4, -0.2) is 67.5 Å². The minimum Gasteiger partial charge on any atom is -0.501 e. The maximum atomic E-state index is 12.5. The second-order valence-corrected chi connectivity index (χ2v) is 27.2. The molecule has 91 heavy (non-hydrogen) atoms. The second-order valence-electron chi connectivity index (χ2n) is 24.0. The molecular weight excluding hydrogens is 1150 g/mol. The molecule has 472 valence electrons. The maximum absolute atomic E-state index is 12.5. The number of esters is 2. The van der Waals surface area contributed by atoms with Gasteiger partial charge in [0.15, 0.2) is 5.78 Å². The fourth-order valence-electron chi connectivity index (χ4n) is 12.9. The first-order valence-corrected chi connectivity index (χ1v) is 34.2. The molecule has 0 aromatic heterocycles. The van der Waals surface area contributed by atoms with Crippen LogP contribution < -0.4 is 15.9 Å². The number of rotatable bonds is 12. The molecule has 0 heterocycles. The Labute approximate surface area is 538 Å². The predicted molar refractivity (Wildman–Crippen MR) is 368 cm³/mol. The third kappa shape index (κ3) is 19.7. The number of hydrogen-bond donors (Lipinski definition) is 0. The first-order chi connectivity index (χ1) is 44.2. The van der Waals surface area contributed by atoms with Crippen molar-refractivity contribution in [3.63, 3.8) is 0 Å². The average molecular weight is 1240 g/mol. The molecular formula is C80H87O10P. The van der Waals surface area contributed by atoms with Gasteiger partial charge in [-0.05, 0) is 213 Å². The van der Waals surface area contributed by atoms with Crippen molar-refractivity contribution in [3.8, 4) is 0 Å². The molecule has 0 amide bonds. The Kier molecular flexibility index (Phi) is 25.9. The number of carbonyl (C=O) groups excluding carboxylic acids is 7. The van der Waals surface area contributed by atoms with Gasteiger partial charge in [0, 0.05) is 49.2 Å². The zero-order valence-corrected chi connectivity index (χ0v) is 54.5. The number of carbonyl (C=O) groups is 7. The van der Waals surface area contributed by atoms with Crippen molar-refractivity contribution in [2.24, 2.45) is 0 Å². The third-order valence-corrected chi connectivity index (χ3v) is 21.1. The van der Waals surface area contributed by atoms with Crippen molar-refractivity contribution in [1.82, 2.24) is 0 Å². The number of Topliss-reactive ketones (excluding diaryl/α,β-unsaturated/α-hetero) is 3. The predicted octanol–water partition coefficient (Wildman–Crippen LogP) is 14.4. The van der Waals surface area contributed by atoms with E-state index in [0.717, 1.165) is 64.8 Å². The van der Waals surface area contributed by atoms with Crippen LogP contribution in [0, 0.1) is 0 Å². The molecule has 0 bridgehead atoms. The summed E-state index contributed by atoms with van der Waals surface area (Å²) in [4.78, 5) is 78.2. The van der Waals surface area contributed by atoms with Crippen LogP contribution in [0.3, 0.4) is 0 Å². The summed E-state index contributed by atoms with van der Waals surface area (Å²) in [6.07, 6.45) is 23.0. The van der Waals surface area contributed by atoms with Gasteiger partial charge in [0.25, 0.3) is 0 Å². The molecule has 0 spiro atoms. The van der Waals surface area contributed by atoms with Gasteiger partial charge < -0.3 is 19.0 Å². The van der Waals surface area contributed by atoms with Gasteiger partial charge in [0.05, 0.1) is 32.5 Å². The van der Waals surface area contributed by atoms with Crippen LogP contribution >= 0.6 is 6.89 Å². The van der Waals surface area contributed by atoms with Crippen LogP contribution in [0.25, 0.3) is 6.08 Å². The van der Waals surface area contributed by atoms with Crippen LogP contribution in [0.4, 0.5) is 0 Å². The van der Waals surface area contributed by atoms with E-state index in [4.69, 9.17) is 14.2 Å². The summed E-state index contributed by atoms with van der Waals surface area (Å²) in [5.74, 6) is 3.06. The summed E-state index contributed by atoms with van der Waals surface area (Å²) >= 11 is 0. The van der Waals surface area contributed by atoms with Crippen molar-refractivity contribution in [2.75, 3.05) is 20.3 Å². The summed E-state index contributed by atoms with van der Waals surface area (Å²) in [7, 11) is 1.64. The van der Waals surface area contributed by atoms with Crippen molar-refractivity contribution < 1.29 is 47.8 Å². The van der Waals surface area contributed by atoms with Gasteiger partial charge in [0.2, 0.25) is 0 Å². The fourth-order valence-corrected chi connectivity index (χ4v) is 16.5. The smallest absolute Gasteiger partial charge is 0.331 e. The van der Waals surface area contributed by atoms with E-state index in [9.17, 15) is 33.6 Å². The first kappa shape index (κ1) is 68.3. The van der Waals surface area contributed by atoms with Gasteiger partial charge in [-0.2, -0.15) is 0 Å². The molecule has 0 saturated heterocycles. The van der Waals surface area contributed by atoms with Crippen LogP contribution in [0.1, 0.15) is 169 Å². The van der Waals surface area contributed by atoms with E-state index in [0.29, 0.717) is 38.4 Å². The van der Waals surface area contributed by atoms with Crippen molar-refractivity contribution in [3.05, 3.63) is 248 Å². The van der Waals surface area contributed by atoms with E-state index in [1.165, 1.54) is 133 Å². The first-order valence-electron chi connectivity index (χ1n) is 32.3. The monoisotopic (exact) mass is 1240 g/mol. The highest BCUT2D eigenvalue weighted by atomic mass is 31.2. The third-order valence-electron chi connectivity index (χ3n) is 17.2. The van der Waals surface area contributed by atoms with Crippen LogP contribution in [-0.2, 0) is 94.3 Å². The number of aldehydes is 1. The number of ether oxygens (including phenoxy) is 3. The molecule has 6 aliphatic rings. The highest BCUT2D eigenvalue weighted by molar-refractivity contribution is 7.95. The highest BCUT2D eigenvalue weighted by Crippen LogP contribution is 2.44. The lowest BCUT2D eigenvalue weighted by Crippen LogP contribution is -2.29. The average Bonchev–Trinajstić information content (AvgIpc) is 1.70. The lowest BCUT2D eigenvalue weighted by atomic mass is 9.82. The van der Waals surface area contributed by atoms with Crippen LogP contribution in [0.5, 0.6) is 0 Å². The standard InChI is InChI=1S/C22H21O2P.C16H18O2.C15H16O2.C14H16O2.C10H10O.C3H6O/c1-2-24-22(23)18-25(19-12-6-3-7-13-19,20-14-8-4-9-15-20)21-16-10-5-11-17-21;1-18-16-9-14(8-15(17)10-16)13-6-5-11-3-2-4-12(11)7-13;16-14-7-13(8-15(17)9-14)12-5-4-10-2-1-3-11(10)6-12;1-2-16-14(15)9-7-11-6-8-12-4-3-5-13(12)10-11;11-7-8-4-5-9-2-1-3-10(9)6-8;1-3(2)4/h3-18H,2H2,1H3;5-7,10,14H,2-4,8-9H2,1H3;4-6,13H,1-3,7-9H2;6-10H,2-5H2,1H3;4-7H,1-3H2;1-2H3/b;;;9-7+;;. The largest absolute Gasteiger partial charge is 0.501 e. The number of aryl methyl sites for hydroxylation is 8. The summed E-state index contributed by atoms with van der Waals surface area (Å²) in [5, 5.41) is 3.42. The lowest BCUT2D eigenvalue weighted by Gasteiger charge is -2.28. The molecule has 0 aliphatic heterocycles. The minimum atomic E-state index is -2.24. The molecule has 6 aliphatic carbocycles. The van der Waals surface area contributed by atoms with Crippen molar-refractivity contribution in [2.45, 2.75) is 149 Å². The molecule has 0 radical (unpaired) electrons. The normalized spacial score (nSPS) is 15.9. The fraction of sp³-hybridized carbons (Fsp3) is 0.325. The number of methoxy groups -OCH3 is 1. The number of allylic oxidation sites excluding steroid dienone is 2. The van der Waals surface area contributed by atoms with Crippen molar-refractivity contribution >= 4 is 76.0 Å². The van der Waals surface area contributed by atoms with E-state index in [1.54, 1.807) is 25.9 Å². The molecule has 10 nitrogen and oxygen atoms in total.